The molecule has 12 aromatic rings. The Kier molecular flexibility index (Phi) is 5.12. The monoisotopic (exact) mass is 656 g/mol. The fourth-order valence-corrected chi connectivity index (χ4v) is 9.30. The maximum Gasteiger partial charge on any atom is 0.143 e. The molecule has 0 fully saturated rings. The molecule has 3 nitrogen and oxygen atoms in total. The lowest BCUT2D eigenvalue weighted by Crippen LogP contribution is -1.91. The smallest absolute Gasteiger partial charge is 0.143 e. The summed E-state index contributed by atoms with van der Waals surface area (Å²) in [6.07, 6.45) is 0. The van der Waals surface area contributed by atoms with Gasteiger partial charge in [-0.2, -0.15) is 0 Å². The van der Waals surface area contributed by atoms with Crippen molar-refractivity contribution in [2.24, 2.45) is 0 Å². The van der Waals surface area contributed by atoms with E-state index in [-0.39, 0.29) is 0 Å². The Hall–Kier alpha value is -6.36. The molecule has 0 atom stereocenters. The fraction of sp³-hybridized carbons (Fsp3) is 0. The van der Waals surface area contributed by atoms with Crippen LogP contribution in [0.25, 0.3) is 120 Å². The molecule has 4 aromatic heterocycles. The third-order valence-corrected chi connectivity index (χ3v) is 11.4. The average Bonchev–Trinajstić information content (AvgIpc) is 3.95. The van der Waals surface area contributed by atoms with Crippen LogP contribution in [0, 0.1) is 0 Å². The van der Waals surface area contributed by atoms with E-state index in [1.165, 1.54) is 48.1 Å². The highest BCUT2D eigenvalue weighted by atomic mass is 32.1. The van der Waals surface area contributed by atoms with Crippen LogP contribution in [0.1, 0.15) is 0 Å². The molecular weight excluding hydrogens is 633 g/mol. The molecule has 0 N–H and O–H groups in total. The molecule has 0 aliphatic rings. The van der Waals surface area contributed by atoms with Gasteiger partial charge in [-0.05, 0) is 86.6 Å². The van der Waals surface area contributed by atoms with E-state index in [0.29, 0.717) is 0 Å². The average molecular weight is 657 g/mol. The predicted octanol–water partition coefficient (Wildman–Crippen LogP) is 14.2. The zero-order valence-electron chi connectivity index (χ0n) is 26.5. The van der Waals surface area contributed by atoms with Crippen molar-refractivity contribution in [1.82, 2.24) is 0 Å². The molecule has 0 saturated heterocycles. The highest BCUT2D eigenvalue weighted by Gasteiger charge is 2.23. The topological polar surface area (TPSA) is 39.4 Å². The largest absolute Gasteiger partial charge is 0.456 e. The van der Waals surface area contributed by atoms with Crippen molar-refractivity contribution in [3.05, 3.63) is 145 Å². The van der Waals surface area contributed by atoms with Crippen LogP contribution in [-0.2, 0) is 0 Å². The van der Waals surface area contributed by atoms with Gasteiger partial charge in [0.1, 0.15) is 33.5 Å². The van der Waals surface area contributed by atoms with Crippen LogP contribution in [0.15, 0.2) is 158 Å². The summed E-state index contributed by atoms with van der Waals surface area (Å²) >= 11 is 1.77. The molecule has 4 heteroatoms. The highest BCUT2D eigenvalue weighted by molar-refractivity contribution is 7.17. The van der Waals surface area contributed by atoms with Crippen molar-refractivity contribution < 1.29 is 13.3 Å². The summed E-state index contributed by atoms with van der Waals surface area (Å²) in [6.45, 7) is 0. The van der Waals surface area contributed by atoms with Crippen molar-refractivity contribution in [2.45, 2.75) is 0 Å². The van der Waals surface area contributed by atoms with Gasteiger partial charge in [0.2, 0.25) is 0 Å². The second kappa shape index (κ2) is 9.63. The van der Waals surface area contributed by atoms with Crippen LogP contribution in [0.5, 0.6) is 0 Å². The number of para-hydroxylation sites is 2. The minimum atomic E-state index is 0.857. The standard InChI is InChI=1S/C46H24O3S/c1-3-10-28-26(8-1)41(25-16-17-31-39(24-25)48-36-20-21-40-32(43(31)36)22-23-50-40)27-9-2-4-11-29(27)42(28)33-13-7-14-34-45-38(49-46(33)34)19-18-37-44(45)30-12-5-6-15-35(30)47-37/h1-24H. The van der Waals surface area contributed by atoms with Crippen LogP contribution in [0.3, 0.4) is 0 Å². The number of benzene rings is 8. The number of hydrogen-bond donors (Lipinski definition) is 0. The Morgan fingerprint density at radius 1 is 0.360 bits per heavy atom. The molecule has 0 amide bonds. The number of thiophene rings is 1. The zero-order chi connectivity index (χ0) is 32.5. The van der Waals surface area contributed by atoms with E-state index >= 15 is 0 Å². The van der Waals surface area contributed by atoms with Gasteiger partial charge in [0, 0.05) is 53.5 Å². The van der Waals surface area contributed by atoms with Crippen LogP contribution in [0.4, 0.5) is 0 Å². The molecule has 0 aliphatic carbocycles. The van der Waals surface area contributed by atoms with Gasteiger partial charge >= 0.3 is 0 Å². The molecule has 0 radical (unpaired) electrons. The fourth-order valence-electron chi connectivity index (χ4n) is 8.50. The van der Waals surface area contributed by atoms with Gasteiger partial charge < -0.3 is 13.3 Å². The summed E-state index contributed by atoms with van der Waals surface area (Å²) in [7, 11) is 0. The summed E-state index contributed by atoms with van der Waals surface area (Å²) in [5.41, 5.74) is 9.89. The van der Waals surface area contributed by atoms with Crippen molar-refractivity contribution in [1.29, 1.82) is 0 Å². The first-order valence-corrected chi connectivity index (χ1v) is 17.7. The van der Waals surface area contributed by atoms with Gasteiger partial charge in [0.05, 0.1) is 0 Å². The number of rotatable bonds is 2. The molecule has 50 heavy (non-hydrogen) atoms. The van der Waals surface area contributed by atoms with E-state index in [0.717, 1.165) is 71.6 Å². The number of furan rings is 3. The van der Waals surface area contributed by atoms with Crippen molar-refractivity contribution >= 4 is 109 Å². The molecule has 12 rings (SSSR count). The molecule has 232 valence electrons. The van der Waals surface area contributed by atoms with E-state index in [1.54, 1.807) is 11.3 Å². The van der Waals surface area contributed by atoms with Gasteiger partial charge in [-0.15, -0.1) is 11.3 Å². The first-order chi connectivity index (χ1) is 24.8. The Balaban J connectivity index is 1.16. The molecule has 0 unspecified atom stereocenters. The molecule has 0 spiro atoms. The summed E-state index contributed by atoms with van der Waals surface area (Å²) in [5.74, 6) is 0. The first-order valence-electron chi connectivity index (χ1n) is 16.8. The lowest BCUT2D eigenvalue weighted by Gasteiger charge is -2.17. The normalized spacial score (nSPS) is 12.4. The van der Waals surface area contributed by atoms with Crippen molar-refractivity contribution in [3.63, 3.8) is 0 Å². The van der Waals surface area contributed by atoms with Gasteiger partial charge in [-0.3, -0.25) is 0 Å². The zero-order valence-corrected chi connectivity index (χ0v) is 27.3. The first kappa shape index (κ1) is 26.6. The lowest BCUT2D eigenvalue weighted by molar-refractivity contribution is 0.663. The van der Waals surface area contributed by atoms with Gasteiger partial charge in [-0.25, -0.2) is 0 Å². The SMILES string of the molecule is c1ccc2c(c1)oc1ccc3oc4c(-c5c6ccccc6c(-c6ccc7c(c6)oc6ccc8sccc8c67)c6ccccc56)cccc4c3c12. The molecule has 4 heterocycles. The maximum absolute atomic E-state index is 6.83. The van der Waals surface area contributed by atoms with Crippen LogP contribution in [0.2, 0.25) is 0 Å². The van der Waals surface area contributed by atoms with E-state index in [9.17, 15) is 0 Å². The Morgan fingerprint density at radius 2 is 0.960 bits per heavy atom. The summed E-state index contributed by atoms with van der Waals surface area (Å²) in [5, 5.41) is 14.8. The summed E-state index contributed by atoms with van der Waals surface area (Å²) in [6, 6.07) is 49.6. The van der Waals surface area contributed by atoms with Gasteiger partial charge in [0.15, 0.2) is 0 Å². The Morgan fingerprint density at radius 3 is 1.76 bits per heavy atom. The quantitative estimate of drug-likeness (QED) is 0.174. The second-order valence-corrected chi connectivity index (χ2v) is 14.1. The molecule has 8 aromatic carbocycles. The van der Waals surface area contributed by atoms with E-state index in [2.05, 4.69) is 121 Å². The van der Waals surface area contributed by atoms with E-state index in [1.807, 2.05) is 24.3 Å². The lowest BCUT2D eigenvalue weighted by atomic mass is 9.85. The molecule has 0 saturated carbocycles. The second-order valence-electron chi connectivity index (χ2n) is 13.1. The molecule has 0 aliphatic heterocycles. The predicted molar refractivity (Wildman–Crippen MR) is 210 cm³/mol. The van der Waals surface area contributed by atoms with E-state index < -0.39 is 0 Å². The Bertz CT molecular complexity index is 3330. The molecule has 0 bridgehead atoms. The minimum Gasteiger partial charge on any atom is -0.456 e. The van der Waals surface area contributed by atoms with Crippen LogP contribution >= 0.6 is 11.3 Å². The molecular formula is C46H24O3S. The van der Waals surface area contributed by atoms with Crippen LogP contribution < -0.4 is 0 Å². The third kappa shape index (κ3) is 3.43. The number of fused-ring (bicyclic) bond motifs is 14. The third-order valence-electron chi connectivity index (χ3n) is 10.6. The van der Waals surface area contributed by atoms with Gasteiger partial charge in [-0.1, -0.05) is 91.0 Å². The minimum absolute atomic E-state index is 0.857. The summed E-state index contributed by atoms with van der Waals surface area (Å²) < 4.78 is 20.9. The maximum atomic E-state index is 6.83. The highest BCUT2D eigenvalue weighted by Crippen LogP contribution is 2.48. The summed E-state index contributed by atoms with van der Waals surface area (Å²) in [4.78, 5) is 0. The van der Waals surface area contributed by atoms with Crippen LogP contribution in [-0.4, -0.2) is 0 Å². The number of hydrogen-bond acceptors (Lipinski definition) is 4. The Labute approximate surface area is 288 Å². The van der Waals surface area contributed by atoms with Gasteiger partial charge in [0.25, 0.3) is 0 Å². The van der Waals surface area contributed by atoms with Crippen molar-refractivity contribution in [2.75, 3.05) is 0 Å². The van der Waals surface area contributed by atoms with Crippen molar-refractivity contribution in [3.8, 4) is 22.3 Å². The van der Waals surface area contributed by atoms with E-state index in [4.69, 9.17) is 13.3 Å².